The maximum Gasteiger partial charge on any atom is 0.239 e. The molecule has 0 unspecified atom stereocenters. The van der Waals surface area contributed by atoms with Crippen LogP contribution in [-0.4, -0.2) is 9.97 Å². The van der Waals surface area contributed by atoms with Gasteiger partial charge in [-0.25, -0.2) is 5.84 Å². The molecule has 1 aromatic carbocycles. The molecule has 0 aliphatic rings. The third-order valence-corrected chi connectivity index (χ3v) is 2.07. The third-order valence-electron chi connectivity index (χ3n) is 2.07. The van der Waals surface area contributed by atoms with E-state index in [4.69, 9.17) is 10.6 Å². The summed E-state index contributed by atoms with van der Waals surface area (Å²) >= 11 is 0. The Bertz CT molecular complexity index is 487. The second kappa shape index (κ2) is 4.59. The highest BCUT2D eigenvalue weighted by Crippen LogP contribution is 2.22. The van der Waals surface area contributed by atoms with E-state index < -0.39 is 0 Å². The number of benzene rings is 1. The molecule has 0 atom stereocenters. The molecule has 0 radical (unpaired) electrons. The van der Waals surface area contributed by atoms with Crippen molar-refractivity contribution in [3.8, 4) is 11.6 Å². The molecule has 2 aromatic rings. The molecule has 0 saturated heterocycles. The largest absolute Gasteiger partial charge is 0.437 e. The van der Waals surface area contributed by atoms with Gasteiger partial charge in [0.05, 0.1) is 12.4 Å². The minimum atomic E-state index is 0.407. The van der Waals surface area contributed by atoms with Crippen molar-refractivity contribution in [2.45, 2.75) is 6.92 Å². The number of rotatable bonds is 3. The number of nitrogens with two attached hydrogens (primary N) is 1. The first-order valence-corrected chi connectivity index (χ1v) is 4.82. The fraction of sp³-hybridized carbons (Fsp3) is 0.0909. The van der Waals surface area contributed by atoms with Crippen LogP contribution in [0.25, 0.3) is 0 Å². The number of para-hydroxylation sites is 1. The lowest BCUT2D eigenvalue weighted by molar-refractivity contribution is 0.457. The molecule has 16 heavy (non-hydrogen) atoms. The van der Waals surface area contributed by atoms with E-state index in [1.165, 1.54) is 12.4 Å². The summed E-state index contributed by atoms with van der Waals surface area (Å²) in [7, 11) is 0. The van der Waals surface area contributed by atoms with E-state index in [2.05, 4.69) is 15.4 Å². The molecule has 0 aliphatic carbocycles. The van der Waals surface area contributed by atoms with E-state index in [-0.39, 0.29) is 0 Å². The average molecular weight is 216 g/mol. The second-order valence-corrected chi connectivity index (χ2v) is 3.25. The van der Waals surface area contributed by atoms with Crippen molar-refractivity contribution in [3.63, 3.8) is 0 Å². The Labute approximate surface area is 93.3 Å². The summed E-state index contributed by atoms with van der Waals surface area (Å²) in [5.41, 5.74) is 3.45. The van der Waals surface area contributed by atoms with E-state index in [9.17, 15) is 0 Å². The number of hydrazine groups is 1. The number of aryl methyl sites for hydroxylation is 1. The normalized spacial score (nSPS) is 9.88. The molecule has 0 fully saturated rings. The number of anilines is 1. The molecule has 1 heterocycles. The number of hydrogen-bond acceptors (Lipinski definition) is 5. The average Bonchev–Trinajstić information content (AvgIpc) is 2.32. The van der Waals surface area contributed by atoms with Crippen LogP contribution in [-0.2, 0) is 0 Å². The lowest BCUT2D eigenvalue weighted by atomic mass is 10.2. The number of nitrogen functional groups attached to an aromatic ring is 1. The smallest absolute Gasteiger partial charge is 0.239 e. The zero-order valence-electron chi connectivity index (χ0n) is 8.84. The molecule has 0 bridgehead atoms. The Hall–Kier alpha value is -2.14. The maximum absolute atomic E-state index is 5.58. The molecule has 2 rings (SSSR count). The van der Waals surface area contributed by atoms with Gasteiger partial charge in [0, 0.05) is 0 Å². The predicted molar refractivity (Wildman–Crippen MR) is 61.1 cm³/mol. The summed E-state index contributed by atoms with van der Waals surface area (Å²) in [6.07, 6.45) is 3.05. The lowest BCUT2D eigenvalue weighted by Crippen LogP contribution is -2.09. The van der Waals surface area contributed by atoms with Gasteiger partial charge in [0.1, 0.15) is 5.75 Å². The zero-order chi connectivity index (χ0) is 11.4. The minimum Gasteiger partial charge on any atom is -0.437 e. The summed E-state index contributed by atoms with van der Waals surface area (Å²) in [6, 6.07) is 7.69. The zero-order valence-corrected chi connectivity index (χ0v) is 8.84. The molecule has 0 spiro atoms. The van der Waals surface area contributed by atoms with Crippen molar-refractivity contribution in [2.75, 3.05) is 5.43 Å². The van der Waals surface area contributed by atoms with Crippen molar-refractivity contribution in [3.05, 3.63) is 42.2 Å². The lowest BCUT2D eigenvalue weighted by Gasteiger charge is -2.07. The van der Waals surface area contributed by atoms with Crippen LogP contribution < -0.4 is 16.0 Å². The molecule has 3 N–H and O–H groups in total. The highest BCUT2D eigenvalue weighted by atomic mass is 16.5. The van der Waals surface area contributed by atoms with Gasteiger partial charge < -0.3 is 10.2 Å². The minimum absolute atomic E-state index is 0.407. The first-order chi connectivity index (χ1) is 7.79. The Morgan fingerprint density at radius 2 is 2.06 bits per heavy atom. The van der Waals surface area contributed by atoms with Gasteiger partial charge in [0.15, 0.2) is 5.82 Å². The molecule has 5 nitrogen and oxygen atoms in total. The fourth-order valence-corrected chi connectivity index (χ4v) is 1.25. The standard InChI is InChI=1S/C11H12N4O/c1-8-4-2-3-5-9(8)16-11-7-13-6-10(14-11)15-12/h2-7H,12H2,1H3,(H,14,15). The molecule has 82 valence electrons. The van der Waals surface area contributed by atoms with Crippen LogP contribution in [0.3, 0.4) is 0 Å². The Morgan fingerprint density at radius 3 is 2.81 bits per heavy atom. The molecule has 1 aromatic heterocycles. The van der Waals surface area contributed by atoms with Crippen LogP contribution in [0, 0.1) is 6.92 Å². The van der Waals surface area contributed by atoms with E-state index in [0.29, 0.717) is 11.7 Å². The summed E-state index contributed by atoms with van der Waals surface area (Å²) in [5, 5.41) is 0. The van der Waals surface area contributed by atoms with Crippen LogP contribution in [0.4, 0.5) is 5.82 Å². The van der Waals surface area contributed by atoms with Gasteiger partial charge in [-0.05, 0) is 18.6 Å². The van der Waals surface area contributed by atoms with Gasteiger partial charge in [0.25, 0.3) is 0 Å². The molecule has 5 heteroatoms. The van der Waals surface area contributed by atoms with Crippen LogP contribution >= 0.6 is 0 Å². The quantitative estimate of drug-likeness (QED) is 0.605. The van der Waals surface area contributed by atoms with Gasteiger partial charge in [-0.3, -0.25) is 4.98 Å². The maximum atomic E-state index is 5.58. The van der Waals surface area contributed by atoms with E-state index in [0.717, 1.165) is 11.3 Å². The Morgan fingerprint density at radius 1 is 1.25 bits per heavy atom. The molecular weight excluding hydrogens is 204 g/mol. The fourth-order valence-electron chi connectivity index (χ4n) is 1.25. The Kier molecular flexibility index (Phi) is 2.98. The summed E-state index contributed by atoms with van der Waals surface area (Å²) in [6.45, 7) is 1.97. The van der Waals surface area contributed by atoms with Crippen molar-refractivity contribution in [2.24, 2.45) is 5.84 Å². The number of nitrogens with zero attached hydrogens (tertiary/aromatic N) is 2. The van der Waals surface area contributed by atoms with Crippen molar-refractivity contribution in [1.29, 1.82) is 0 Å². The van der Waals surface area contributed by atoms with Gasteiger partial charge in [-0.1, -0.05) is 18.2 Å². The van der Waals surface area contributed by atoms with Crippen molar-refractivity contribution >= 4 is 5.82 Å². The van der Waals surface area contributed by atoms with Crippen LogP contribution in [0.15, 0.2) is 36.7 Å². The monoisotopic (exact) mass is 216 g/mol. The summed E-state index contributed by atoms with van der Waals surface area (Å²) < 4.78 is 5.58. The van der Waals surface area contributed by atoms with E-state index in [1.807, 2.05) is 31.2 Å². The predicted octanol–water partition coefficient (Wildman–Crippen LogP) is 1.86. The van der Waals surface area contributed by atoms with Crippen LogP contribution in [0.5, 0.6) is 11.6 Å². The third kappa shape index (κ3) is 2.26. The SMILES string of the molecule is Cc1ccccc1Oc1cncc(NN)n1. The second-order valence-electron chi connectivity index (χ2n) is 3.25. The van der Waals surface area contributed by atoms with Crippen molar-refractivity contribution < 1.29 is 4.74 Å². The number of aromatic nitrogens is 2. The van der Waals surface area contributed by atoms with Crippen molar-refractivity contribution in [1.82, 2.24) is 9.97 Å². The van der Waals surface area contributed by atoms with Gasteiger partial charge in [-0.15, -0.1) is 0 Å². The van der Waals surface area contributed by atoms with Crippen LogP contribution in [0.1, 0.15) is 5.56 Å². The highest BCUT2D eigenvalue weighted by molar-refractivity contribution is 5.36. The number of hydrogen-bond donors (Lipinski definition) is 2. The summed E-state index contributed by atoms with van der Waals surface area (Å²) in [5.74, 6) is 6.86. The number of ether oxygens (including phenoxy) is 1. The Balaban J connectivity index is 2.24. The first kappa shape index (κ1) is 10.4. The van der Waals surface area contributed by atoms with Gasteiger partial charge in [0.2, 0.25) is 5.88 Å². The van der Waals surface area contributed by atoms with Gasteiger partial charge >= 0.3 is 0 Å². The highest BCUT2D eigenvalue weighted by Gasteiger charge is 2.02. The first-order valence-electron chi connectivity index (χ1n) is 4.82. The van der Waals surface area contributed by atoms with E-state index >= 15 is 0 Å². The van der Waals surface area contributed by atoms with E-state index in [1.54, 1.807) is 0 Å². The van der Waals surface area contributed by atoms with Gasteiger partial charge in [-0.2, -0.15) is 4.98 Å². The number of nitrogens with one attached hydrogen (secondary N) is 1. The summed E-state index contributed by atoms with van der Waals surface area (Å²) in [4.78, 5) is 8.06. The van der Waals surface area contributed by atoms with Crippen LogP contribution in [0.2, 0.25) is 0 Å². The molecule has 0 saturated carbocycles. The molecule has 0 aliphatic heterocycles. The molecular formula is C11H12N4O. The topological polar surface area (TPSA) is 73.1 Å². The molecule has 0 amide bonds.